The molecule has 0 atom stereocenters. The third kappa shape index (κ3) is 2.65. The summed E-state index contributed by atoms with van der Waals surface area (Å²) >= 11 is 0. The van der Waals surface area contributed by atoms with Crippen LogP contribution in [0.15, 0.2) is 0 Å². The van der Waals surface area contributed by atoms with Crippen LogP contribution < -0.4 is 4.83 Å². The Kier molecular flexibility index (Phi) is 2.37. The van der Waals surface area contributed by atoms with Crippen molar-refractivity contribution in [2.45, 2.75) is 0 Å². The highest BCUT2D eigenvalue weighted by Crippen LogP contribution is 1.93. The average molecular weight is 206 g/mol. The first-order valence-corrected chi connectivity index (χ1v) is 5.25. The molecule has 0 radical (unpaired) electrons. The van der Waals surface area contributed by atoms with E-state index in [9.17, 15) is 26.9 Å². The van der Waals surface area contributed by atoms with E-state index in [1.165, 1.54) is 0 Å². The zero-order valence-corrected chi connectivity index (χ0v) is 6.29. The second-order valence-corrected chi connectivity index (χ2v) is 5.76. The van der Waals surface area contributed by atoms with Crippen molar-refractivity contribution in [3.8, 4) is 0 Å². The summed E-state index contributed by atoms with van der Waals surface area (Å²) in [5, 5.41) is 7.78. The van der Waals surface area contributed by atoms with Gasteiger partial charge in [-0.05, 0) is 4.83 Å². The Morgan fingerprint density at radius 1 is 1.27 bits per heavy atom. The van der Waals surface area contributed by atoms with Gasteiger partial charge in [0.05, 0.1) is 0 Å². The minimum absolute atomic E-state index is 0.416. The molecule has 0 amide bonds. The molecule has 0 heterocycles. The molecule has 0 aromatic rings. The Morgan fingerprint density at radius 2 is 1.64 bits per heavy atom. The lowest BCUT2D eigenvalue weighted by atomic mass is 12.7. The molecule has 0 aliphatic carbocycles. The summed E-state index contributed by atoms with van der Waals surface area (Å²) < 4.78 is 47.5. The molecule has 0 aliphatic rings. The molecular formula is H2N2O7S2. The fraction of sp³-hybridized carbons (Fsp3) is 0. The van der Waals surface area contributed by atoms with E-state index in [2.05, 4.69) is 0 Å². The molecule has 0 saturated heterocycles. The van der Waals surface area contributed by atoms with E-state index in [1.54, 1.807) is 0 Å². The Morgan fingerprint density at radius 3 is 1.73 bits per heavy atom. The van der Waals surface area contributed by atoms with Crippen molar-refractivity contribution in [2.24, 2.45) is 0 Å². The van der Waals surface area contributed by atoms with Crippen molar-refractivity contribution in [2.75, 3.05) is 0 Å². The van der Waals surface area contributed by atoms with Crippen LogP contribution in [0.5, 0.6) is 0 Å². The third-order valence-electron chi connectivity index (χ3n) is 0.464. The Hall–Kier alpha value is -0.940. The fourth-order valence-corrected chi connectivity index (χ4v) is 0.880. The van der Waals surface area contributed by atoms with Gasteiger partial charge in [0.25, 0.3) is 0 Å². The van der Waals surface area contributed by atoms with E-state index < -0.39 is 23.2 Å². The van der Waals surface area contributed by atoms with E-state index in [4.69, 9.17) is 4.55 Å². The first kappa shape index (κ1) is 10.1. The smallest absolute Gasteiger partial charge is 0.272 e. The first-order chi connectivity index (χ1) is 4.67. The zero-order valence-electron chi connectivity index (χ0n) is 4.66. The van der Waals surface area contributed by atoms with Gasteiger partial charge in [-0.2, -0.15) is 16.8 Å². The lowest BCUT2D eigenvalue weighted by Gasteiger charge is -1.93. The SMILES string of the molecule is O=[N+]([O-])NS(=O)(=O)S(=O)(=O)O. The Bertz CT molecular complexity index is 344. The largest absolute Gasteiger partial charge is 0.412 e. The van der Waals surface area contributed by atoms with Gasteiger partial charge in [0.15, 0.2) is 5.03 Å². The highest BCUT2D eigenvalue weighted by Gasteiger charge is 2.31. The average Bonchev–Trinajstić information content (AvgIpc) is 1.56. The van der Waals surface area contributed by atoms with Crippen LogP contribution in [0.2, 0.25) is 0 Å². The second kappa shape index (κ2) is 2.60. The number of hydrogen-bond acceptors (Lipinski definition) is 6. The number of hydrogen-bond donors (Lipinski definition) is 2. The van der Waals surface area contributed by atoms with Crippen LogP contribution in [0.3, 0.4) is 0 Å². The summed E-state index contributed by atoms with van der Waals surface area (Å²) in [5.41, 5.74) is 0. The number of hydrazine groups is 1. The molecule has 0 rings (SSSR count). The van der Waals surface area contributed by atoms with Crippen LogP contribution in [-0.4, -0.2) is 26.4 Å². The van der Waals surface area contributed by atoms with Crippen molar-refractivity contribution in [1.82, 2.24) is 4.83 Å². The molecular weight excluding hydrogens is 204 g/mol. The van der Waals surface area contributed by atoms with Crippen molar-refractivity contribution in [1.29, 1.82) is 0 Å². The second-order valence-electron chi connectivity index (χ2n) is 1.23. The van der Waals surface area contributed by atoms with Crippen LogP contribution in [0.1, 0.15) is 0 Å². The zero-order chi connectivity index (χ0) is 9.28. The lowest BCUT2D eigenvalue weighted by Crippen LogP contribution is -2.34. The summed E-state index contributed by atoms with van der Waals surface area (Å²) in [6.07, 6.45) is 0. The van der Waals surface area contributed by atoms with Crippen molar-refractivity contribution < 1.29 is 26.4 Å². The minimum atomic E-state index is -5.48. The number of rotatable bonds is 3. The maximum atomic E-state index is 10.1. The predicted octanol–water partition coefficient (Wildman–Crippen LogP) is -2.10. The molecule has 0 fully saturated rings. The summed E-state index contributed by atoms with van der Waals surface area (Å²) in [6, 6.07) is 0. The van der Waals surface area contributed by atoms with Gasteiger partial charge < -0.3 is 0 Å². The predicted molar refractivity (Wildman–Crippen MR) is 30.6 cm³/mol. The molecule has 0 saturated carbocycles. The normalized spacial score (nSPS) is 12.5. The minimum Gasteiger partial charge on any atom is -0.272 e. The van der Waals surface area contributed by atoms with Crippen LogP contribution in [0.4, 0.5) is 0 Å². The van der Waals surface area contributed by atoms with Crippen LogP contribution >= 0.6 is 0 Å². The molecule has 0 aromatic heterocycles. The number of nitrogens with zero attached hydrogens (tertiary/aromatic N) is 1. The van der Waals surface area contributed by atoms with Crippen LogP contribution in [0.25, 0.3) is 0 Å². The van der Waals surface area contributed by atoms with Crippen molar-refractivity contribution in [3.63, 3.8) is 0 Å². The summed E-state index contributed by atoms with van der Waals surface area (Å²) in [5.74, 6) is 0. The molecule has 0 aromatic carbocycles. The van der Waals surface area contributed by atoms with E-state index >= 15 is 0 Å². The van der Waals surface area contributed by atoms with Crippen molar-refractivity contribution >= 4 is 18.2 Å². The van der Waals surface area contributed by atoms with Gasteiger partial charge in [-0.1, -0.05) is 0 Å². The van der Waals surface area contributed by atoms with E-state index in [1.807, 2.05) is 0 Å². The molecule has 66 valence electrons. The van der Waals surface area contributed by atoms with Gasteiger partial charge in [0.2, 0.25) is 0 Å². The van der Waals surface area contributed by atoms with E-state index in [-0.39, 0.29) is 0 Å². The van der Waals surface area contributed by atoms with Gasteiger partial charge in [0, 0.05) is 0 Å². The standard InChI is InChI=1S/H2N2O7S2/c3-2(4)1-10(5,6)11(7,8)9/h1H,(H,7,8,9). The molecule has 2 N–H and O–H groups in total. The van der Waals surface area contributed by atoms with Crippen molar-refractivity contribution in [3.05, 3.63) is 10.1 Å². The molecule has 0 bridgehead atoms. The molecule has 0 spiro atoms. The maximum Gasteiger partial charge on any atom is 0.412 e. The van der Waals surface area contributed by atoms with E-state index in [0.29, 0.717) is 4.83 Å². The van der Waals surface area contributed by atoms with Gasteiger partial charge in [-0.3, -0.25) is 4.55 Å². The number of nitrogens with one attached hydrogen (secondary N) is 1. The summed E-state index contributed by atoms with van der Waals surface area (Å²) in [7, 11) is -10.8. The third-order valence-corrected chi connectivity index (χ3v) is 3.28. The highest BCUT2D eigenvalue weighted by molar-refractivity contribution is 8.64. The summed E-state index contributed by atoms with van der Waals surface area (Å²) in [4.78, 5) is 9.82. The molecule has 0 aliphatic heterocycles. The topological polar surface area (TPSA) is 144 Å². The molecule has 0 unspecified atom stereocenters. The van der Waals surface area contributed by atoms with Gasteiger partial charge in [-0.15, -0.1) is 0 Å². The van der Waals surface area contributed by atoms with Gasteiger partial charge in [0.1, 0.15) is 0 Å². The van der Waals surface area contributed by atoms with Crippen LogP contribution in [-0.2, 0) is 18.2 Å². The molecule has 9 nitrogen and oxygen atoms in total. The van der Waals surface area contributed by atoms with Gasteiger partial charge in [-0.25, -0.2) is 10.1 Å². The fourth-order valence-electron chi connectivity index (χ4n) is 0.138. The Balaban J connectivity index is 4.96. The monoisotopic (exact) mass is 206 g/mol. The van der Waals surface area contributed by atoms with Gasteiger partial charge >= 0.3 is 18.2 Å². The summed E-state index contributed by atoms with van der Waals surface area (Å²) in [6.45, 7) is 0. The molecule has 11 heavy (non-hydrogen) atoms. The quantitative estimate of drug-likeness (QED) is 0.233. The van der Waals surface area contributed by atoms with E-state index in [0.717, 1.165) is 0 Å². The highest BCUT2D eigenvalue weighted by atomic mass is 33.2. The first-order valence-electron chi connectivity index (χ1n) is 1.81. The number of nitro groups is 1. The maximum absolute atomic E-state index is 10.1. The molecule has 11 heteroatoms. The lowest BCUT2D eigenvalue weighted by molar-refractivity contribution is -0.518. The Labute approximate surface area is 60.3 Å². The van der Waals surface area contributed by atoms with Crippen LogP contribution in [0, 0.1) is 10.1 Å².